The Morgan fingerprint density at radius 3 is 2.76 bits per heavy atom. The highest BCUT2D eigenvalue weighted by molar-refractivity contribution is 8.16. The number of nitrogens with zero attached hydrogens (tertiary/aromatic N) is 2. The summed E-state index contributed by atoms with van der Waals surface area (Å²) in [5.41, 5.74) is 0.732. The molecule has 2 atom stereocenters. The van der Waals surface area contributed by atoms with Crippen LogP contribution in [0.2, 0.25) is 5.02 Å². The summed E-state index contributed by atoms with van der Waals surface area (Å²) < 4.78 is 29.6. The van der Waals surface area contributed by atoms with Gasteiger partial charge in [0.15, 0.2) is 15.0 Å². The molecule has 1 amide bonds. The molecule has 9 heteroatoms. The van der Waals surface area contributed by atoms with Crippen LogP contribution in [0.3, 0.4) is 0 Å². The minimum Gasteiger partial charge on any atom is -0.495 e. The van der Waals surface area contributed by atoms with Crippen LogP contribution < -0.4 is 9.64 Å². The van der Waals surface area contributed by atoms with E-state index in [1.54, 1.807) is 19.2 Å². The molecule has 2 saturated heterocycles. The third-order valence-corrected chi connectivity index (χ3v) is 9.45. The Kier molecular flexibility index (Phi) is 6.14. The minimum atomic E-state index is -3.10. The number of hydrogen-bond donors (Lipinski definition) is 0. The van der Waals surface area contributed by atoms with Gasteiger partial charge >= 0.3 is 0 Å². The number of benzene rings is 1. The molecule has 2 aliphatic heterocycles. The number of sulfone groups is 1. The molecule has 0 spiro atoms. The summed E-state index contributed by atoms with van der Waals surface area (Å²) in [4.78, 5) is 18.8. The third-order valence-electron chi connectivity index (χ3n) is 5.94. The zero-order chi connectivity index (χ0) is 20.6. The number of hydrogen-bond acceptors (Lipinski definition) is 5. The van der Waals surface area contributed by atoms with E-state index in [4.69, 9.17) is 16.3 Å². The Morgan fingerprint density at radius 2 is 2.07 bits per heavy atom. The zero-order valence-corrected chi connectivity index (χ0v) is 18.7. The SMILES string of the molecule is COc1ccc(N2C(=NC(=O)CCC3CCCC3)S[C@@H]3CS(=O)(=O)C[C@H]32)cc1Cl. The van der Waals surface area contributed by atoms with Gasteiger partial charge in [-0.05, 0) is 30.5 Å². The van der Waals surface area contributed by atoms with Gasteiger partial charge in [-0.1, -0.05) is 49.0 Å². The first-order chi connectivity index (χ1) is 13.9. The second kappa shape index (κ2) is 8.47. The first-order valence-electron chi connectivity index (χ1n) is 9.97. The molecule has 29 heavy (non-hydrogen) atoms. The predicted molar refractivity (Wildman–Crippen MR) is 118 cm³/mol. The van der Waals surface area contributed by atoms with Gasteiger partial charge in [0.05, 0.1) is 29.7 Å². The molecule has 2 heterocycles. The molecule has 1 aromatic rings. The molecular formula is C20H25ClN2O4S2. The van der Waals surface area contributed by atoms with Crippen molar-refractivity contribution in [2.45, 2.75) is 49.8 Å². The van der Waals surface area contributed by atoms with E-state index >= 15 is 0 Å². The highest BCUT2D eigenvalue weighted by Crippen LogP contribution is 2.42. The van der Waals surface area contributed by atoms with Crippen LogP contribution in [0.25, 0.3) is 0 Å². The van der Waals surface area contributed by atoms with Crippen molar-refractivity contribution < 1.29 is 17.9 Å². The van der Waals surface area contributed by atoms with Gasteiger partial charge in [-0.2, -0.15) is 4.99 Å². The number of ether oxygens (including phenoxy) is 1. The fourth-order valence-electron chi connectivity index (χ4n) is 4.46. The van der Waals surface area contributed by atoms with Crippen LogP contribution in [0.15, 0.2) is 23.2 Å². The topological polar surface area (TPSA) is 76.0 Å². The lowest BCUT2D eigenvalue weighted by Crippen LogP contribution is -2.37. The Hall–Kier alpha value is -1.25. The van der Waals surface area contributed by atoms with Gasteiger partial charge in [-0.15, -0.1) is 0 Å². The van der Waals surface area contributed by atoms with Gasteiger partial charge in [-0.3, -0.25) is 4.79 Å². The first kappa shape index (κ1) is 21.0. The van der Waals surface area contributed by atoms with Crippen LogP contribution in [0, 0.1) is 5.92 Å². The summed E-state index contributed by atoms with van der Waals surface area (Å²) in [6.45, 7) is 0. The van der Waals surface area contributed by atoms with Gasteiger partial charge in [0.1, 0.15) is 5.75 Å². The lowest BCUT2D eigenvalue weighted by molar-refractivity contribution is -0.118. The van der Waals surface area contributed by atoms with E-state index in [0.29, 0.717) is 28.3 Å². The Labute approximate surface area is 181 Å². The summed E-state index contributed by atoms with van der Waals surface area (Å²) in [7, 11) is -1.56. The maximum absolute atomic E-state index is 12.6. The van der Waals surface area contributed by atoms with Crippen molar-refractivity contribution in [3.63, 3.8) is 0 Å². The smallest absolute Gasteiger partial charge is 0.248 e. The molecule has 0 unspecified atom stereocenters. The Morgan fingerprint density at radius 1 is 1.31 bits per heavy atom. The van der Waals surface area contributed by atoms with Crippen molar-refractivity contribution in [1.29, 1.82) is 0 Å². The summed E-state index contributed by atoms with van der Waals surface area (Å²) in [5.74, 6) is 1.22. The first-order valence-corrected chi connectivity index (χ1v) is 13.1. The fraction of sp³-hybridized carbons (Fsp3) is 0.600. The van der Waals surface area contributed by atoms with Crippen LogP contribution in [0.5, 0.6) is 5.75 Å². The summed E-state index contributed by atoms with van der Waals surface area (Å²) >= 11 is 7.69. The van der Waals surface area contributed by atoms with Crippen LogP contribution in [-0.4, -0.2) is 49.4 Å². The van der Waals surface area contributed by atoms with E-state index in [0.717, 1.165) is 12.1 Å². The number of carbonyl (C=O) groups is 1. The van der Waals surface area contributed by atoms with E-state index in [2.05, 4.69) is 4.99 Å². The van der Waals surface area contributed by atoms with Crippen LogP contribution in [0.1, 0.15) is 38.5 Å². The number of fused-ring (bicyclic) bond motifs is 1. The Bertz CT molecular complexity index is 928. The largest absolute Gasteiger partial charge is 0.495 e. The van der Waals surface area contributed by atoms with Crippen molar-refractivity contribution in [3.8, 4) is 5.75 Å². The van der Waals surface area contributed by atoms with Crippen LogP contribution in [-0.2, 0) is 14.6 Å². The molecular weight excluding hydrogens is 432 g/mol. The second-order valence-electron chi connectivity index (χ2n) is 7.97. The number of amidine groups is 1. The average Bonchev–Trinajstić information content (AvgIpc) is 3.34. The van der Waals surface area contributed by atoms with E-state index in [9.17, 15) is 13.2 Å². The minimum absolute atomic E-state index is 0.0591. The second-order valence-corrected chi connectivity index (χ2v) is 11.7. The number of halogens is 1. The van der Waals surface area contributed by atoms with Crippen LogP contribution >= 0.6 is 23.4 Å². The van der Waals surface area contributed by atoms with Crippen molar-refractivity contribution in [2.75, 3.05) is 23.5 Å². The number of aliphatic imine (C=N–C) groups is 1. The van der Waals surface area contributed by atoms with Gasteiger partial charge < -0.3 is 9.64 Å². The number of thioether (sulfide) groups is 1. The molecule has 3 fully saturated rings. The maximum Gasteiger partial charge on any atom is 0.248 e. The quantitative estimate of drug-likeness (QED) is 0.668. The number of amides is 1. The molecule has 158 valence electrons. The highest BCUT2D eigenvalue weighted by atomic mass is 35.5. The van der Waals surface area contributed by atoms with Gasteiger partial charge in [-0.25, -0.2) is 8.42 Å². The lowest BCUT2D eigenvalue weighted by atomic mass is 10.0. The molecule has 0 aromatic heterocycles. The fourth-order valence-corrected chi connectivity index (χ4v) is 8.64. The van der Waals surface area contributed by atoms with Crippen molar-refractivity contribution in [3.05, 3.63) is 23.2 Å². The van der Waals surface area contributed by atoms with Gasteiger partial charge in [0.2, 0.25) is 5.91 Å². The van der Waals surface area contributed by atoms with Crippen molar-refractivity contribution >= 4 is 50.0 Å². The van der Waals surface area contributed by atoms with Crippen molar-refractivity contribution in [1.82, 2.24) is 0 Å². The molecule has 4 rings (SSSR count). The highest BCUT2D eigenvalue weighted by Gasteiger charge is 2.49. The monoisotopic (exact) mass is 456 g/mol. The van der Waals surface area contributed by atoms with Crippen molar-refractivity contribution in [2.24, 2.45) is 10.9 Å². The number of anilines is 1. The predicted octanol–water partition coefficient (Wildman–Crippen LogP) is 3.92. The zero-order valence-electron chi connectivity index (χ0n) is 16.3. The Balaban J connectivity index is 1.58. The molecule has 1 aliphatic carbocycles. The summed E-state index contributed by atoms with van der Waals surface area (Å²) in [6, 6.07) is 5.08. The van der Waals surface area contributed by atoms with Gasteiger partial charge in [0, 0.05) is 17.4 Å². The number of methoxy groups -OCH3 is 1. The number of rotatable bonds is 5. The molecule has 0 bridgehead atoms. The third kappa shape index (κ3) is 4.59. The normalized spacial score (nSPS) is 27.5. The average molecular weight is 457 g/mol. The molecule has 0 N–H and O–H groups in total. The molecule has 0 radical (unpaired) electrons. The van der Waals surface area contributed by atoms with E-state index in [-0.39, 0.29) is 28.7 Å². The number of carbonyl (C=O) groups excluding carboxylic acids is 1. The van der Waals surface area contributed by atoms with Crippen LogP contribution in [0.4, 0.5) is 5.69 Å². The maximum atomic E-state index is 12.6. The standard InChI is InChI=1S/C20H25ClN2O4S2/c1-27-17-8-7-14(10-15(17)21)23-16-11-29(25,26)12-18(16)28-20(23)22-19(24)9-6-13-4-2-3-5-13/h7-8,10,13,16,18H,2-6,9,11-12H2,1H3/t16-,18-/m1/s1. The summed E-state index contributed by atoms with van der Waals surface area (Å²) in [6.07, 6.45) is 6.25. The van der Waals surface area contributed by atoms with E-state index < -0.39 is 9.84 Å². The summed E-state index contributed by atoms with van der Waals surface area (Å²) in [5, 5.41) is 0.890. The molecule has 3 aliphatic rings. The lowest BCUT2D eigenvalue weighted by Gasteiger charge is -2.25. The van der Waals surface area contributed by atoms with Gasteiger partial charge in [0.25, 0.3) is 0 Å². The molecule has 1 saturated carbocycles. The van der Waals surface area contributed by atoms with E-state index in [1.165, 1.54) is 37.4 Å². The van der Waals surface area contributed by atoms with E-state index in [1.807, 2.05) is 11.0 Å². The molecule has 6 nitrogen and oxygen atoms in total. The molecule has 1 aromatic carbocycles.